The minimum absolute atomic E-state index is 0.0877. The molecule has 6 heteroatoms. The predicted molar refractivity (Wildman–Crippen MR) is 68.2 cm³/mol. The van der Waals surface area contributed by atoms with E-state index < -0.39 is 29.1 Å². The SMILES string of the molecule is COC(=O)c1cc(-c2ccccc2C(F)(F)F)ccc1F. The summed E-state index contributed by atoms with van der Waals surface area (Å²) in [4.78, 5) is 11.4. The topological polar surface area (TPSA) is 26.3 Å². The molecular formula is C15H10F4O2. The molecule has 0 N–H and O–H groups in total. The van der Waals surface area contributed by atoms with Gasteiger partial charge in [0, 0.05) is 0 Å². The van der Waals surface area contributed by atoms with E-state index >= 15 is 0 Å². The third-order valence-electron chi connectivity index (χ3n) is 2.92. The Bertz CT molecular complexity index is 678. The van der Waals surface area contributed by atoms with Gasteiger partial charge in [-0.05, 0) is 29.3 Å². The second-order valence-corrected chi connectivity index (χ2v) is 4.23. The maximum atomic E-state index is 13.5. The van der Waals surface area contributed by atoms with E-state index in [-0.39, 0.29) is 11.1 Å². The summed E-state index contributed by atoms with van der Waals surface area (Å²) >= 11 is 0. The largest absolute Gasteiger partial charge is 0.465 e. The van der Waals surface area contributed by atoms with E-state index in [1.165, 1.54) is 24.3 Å². The van der Waals surface area contributed by atoms with Crippen LogP contribution in [-0.4, -0.2) is 13.1 Å². The molecule has 2 nitrogen and oxygen atoms in total. The average Bonchev–Trinajstić information content (AvgIpc) is 2.46. The van der Waals surface area contributed by atoms with Gasteiger partial charge in [0.1, 0.15) is 5.82 Å². The summed E-state index contributed by atoms with van der Waals surface area (Å²) in [5.41, 5.74) is -1.31. The average molecular weight is 298 g/mol. The fourth-order valence-electron chi connectivity index (χ4n) is 1.94. The first-order chi connectivity index (χ1) is 9.84. The molecule has 0 aliphatic heterocycles. The van der Waals surface area contributed by atoms with E-state index in [9.17, 15) is 22.4 Å². The lowest BCUT2D eigenvalue weighted by atomic mass is 9.97. The standard InChI is InChI=1S/C15H10F4O2/c1-21-14(20)11-8-9(6-7-13(11)16)10-4-2-3-5-12(10)15(17,18)19/h2-8H,1H3. The molecule has 110 valence electrons. The summed E-state index contributed by atoms with van der Waals surface area (Å²) in [5, 5.41) is 0. The van der Waals surface area contributed by atoms with Crippen LogP contribution in [0.4, 0.5) is 17.6 Å². The Kier molecular flexibility index (Phi) is 3.97. The molecule has 21 heavy (non-hydrogen) atoms. The Morgan fingerprint density at radius 2 is 1.76 bits per heavy atom. The van der Waals surface area contributed by atoms with Crippen molar-refractivity contribution < 1.29 is 27.1 Å². The number of carbonyl (C=O) groups excluding carboxylic acids is 1. The van der Waals surface area contributed by atoms with Crippen molar-refractivity contribution in [3.8, 4) is 11.1 Å². The summed E-state index contributed by atoms with van der Waals surface area (Å²) in [6.45, 7) is 0. The maximum Gasteiger partial charge on any atom is 0.417 e. The van der Waals surface area contributed by atoms with Crippen LogP contribution in [-0.2, 0) is 10.9 Å². The van der Waals surface area contributed by atoms with Crippen LogP contribution < -0.4 is 0 Å². The highest BCUT2D eigenvalue weighted by molar-refractivity contribution is 5.91. The molecule has 0 amide bonds. The highest BCUT2D eigenvalue weighted by Crippen LogP contribution is 2.37. The van der Waals surface area contributed by atoms with E-state index in [0.29, 0.717) is 0 Å². The number of methoxy groups -OCH3 is 1. The smallest absolute Gasteiger partial charge is 0.417 e. The van der Waals surface area contributed by atoms with Crippen molar-refractivity contribution >= 4 is 5.97 Å². The third kappa shape index (κ3) is 3.04. The van der Waals surface area contributed by atoms with Crippen molar-refractivity contribution in [2.24, 2.45) is 0 Å². The van der Waals surface area contributed by atoms with Crippen LogP contribution in [0, 0.1) is 5.82 Å². The normalized spacial score (nSPS) is 11.3. The molecule has 2 rings (SSSR count). The van der Waals surface area contributed by atoms with Crippen LogP contribution in [0.2, 0.25) is 0 Å². The lowest BCUT2D eigenvalue weighted by Crippen LogP contribution is -2.08. The lowest BCUT2D eigenvalue weighted by molar-refractivity contribution is -0.137. The summed E-state index contributed by atoms with van der Waals surface area (Å²) < 4.78 is 56.9. The second-order valence-electron chi connectivity index (χ2n) is 4.23. The minimum Gasteiger partial charge on any atom is -0.465 e. The molecule has 0 aliphatic rings. The Balaban J connectivity index is 2.61. The lowest BCUT2D eigenvalue weighted by Gasteiger charge is -2.13. The molecule has 0 aliphatic carbocycles. The van der Waals surface area contributed by atoms with Crippen LogP contribution in [0.15, 0.2) is 42.5 Å². The van der Waals surface area contributed by atoms with Crippen molar-refractivity contribution in [2.75, 3.05) is 7.11 Å². The molecule has 0 spiro atoms. The fraction of sp³-hybridized carbons (Fsp3) is 0.133. The molecule has 0 saturated carbocycles. The van der Waals surface area contributed by atoms with Crippen LogP contribution in [0.5, 0.6) is 0 Å². The molecule has 0 bridgehead atoms. The van der Waals surface area contributed by atoms with E-state index in [0.717, 1.165) is 25.3 Å². The summed E-state index contributed by atoms with van der Waals surface area (Å²) in [7, 11) is 1.07. The number of rotatable bonds is 2. The first-order valence-corrected chi connectivity index (χ1v) is 5.89. The van der Waals surface area contributed by atoms with Crippen molar-refractivity contribution in [1.82, 2.24) is 0 Å². The van der Waals surface area contributed by atoms with Gasteiger partial charge in [0.15, 0.2) is 0 Å². The van der Waals surface area contributed by atoms with Crippen molar-refractivity contribution in [1.29, 1.82) is 0 Å². The van der Waals surface area contributed by atoms with Gasteiger partial charge in [0.25, 0.3) is 0 Å². The summed E-state index contributed by atoms with van der Waals surface area (Å²) in [5.74, 6) is -1.80. The zero-order valence-corrected chi connectivity index (χ0v) is 10.9. The first-order valence-electron chi connectivity index (χ1n) is 5.89. The molecule has 0 radical (unpaired) electrons. The zero-order chi connectivity index (χ0) is 15.6. The second kappa shape index (κ2) is 5.55. The Morgan fingerprint density at radius 3 is 2.38 bits per heavy atom. The van der Waals surface area contributed by atoms with Crippen LogP contribution >= 0.6 is 0 Å². The van der Waals surface area contributed by atoms with Gasteiger partial charge in [-0.2, -0.15) is 13.2 Å². The number of alkyl halides is 3. The molecule has 0 heterocycles. The van der Waals surface area contributed by atoms with E-state index in [1.807, 2.05) is 0 Å². The maximum absolute atomic E-state index is 13.5. The first kappa shape index (κ1) is 15.0. The number of esters is 1. The molecule has 2 aromatic carbocycles. The molecule has 0 fully saturated rings. The van der Waals surface area contributed by atoms with Gasteiger partial charge in [-0.15, -0.1) is 0 Å². The quantitative estimate of drug-likeness (QED) is 0.610. The van der Waals surface area contributed by atoms with Gasteiger partial charge in [0.05, 0.1) is 18.2 Å². The number of carbonyl (C=O) groups is 1. The van der Waals surface area contributed by atoms with Gasteiger partial charge in [-0.3, -0.25) is 0 Å². The van der Waals surface area contributed by atoms with Gasteiger partial charge in [-0.1, -0.05) is 24.3 Å². The summed E-state index contributed by atoms with van der Waals surface area (Å²) in [6, 6.07) is 8.06. The monoisotopic (exact) mass is 298 g/mol. The third-order valence-corrected chi connectivity index (χ3v) is 2.92. The van der Waals surface area contributed by atoms with Gasteiger partial charge in [-0.25, -0.2) is 9.18 Å². The number of halogens is 4. The molecule has 0 atom stereocenters. The van der Waals surface area contributed by atoms with E-state index in [2.05, 4.69) is 4.74 Å². The predicted octanol–water partition coefficient (Wildman–Crippen LogP) is 4.30. The van der Waals surface area contributed by atoms with Crippen LogP contribution in [0.25, 0.3) is 11.1 Å². The molecule has 0 unspecified atom stereocenters. The van der Waals surface area contributed by atoms with Gasteiger partial charge in [0.2, 0.25) is 0 Å². The Morgan fingerprint density at radius 1 is 1.10 bits per heavy atom. The van der Waals surface area contributed by atoms with Crippen LogP contribution in [0.3, 0.4) is 0 Å². The Hall–Kier alpha value is -2.37. The van der Waals surface area contributed by atoms with Crippen molar-refractivity contribution in [2.45, 2.75) is 6.18 Å². The summed E-state index contributed by atoms with van der Waals surface area (Å²) in [6.07, 6.45) is -4.55. The molecular weight excluding hydrogens is 288 g/mol. The molecule has 2 aromatic rings. The van der Waals surface area contributed by atoms with E-state index in [4.69, 9.17) is 0 Å². The number of hydrogen-bond donors (Lipinski definition) is 0. The minimum atomic E-state index is -4.55. The number of ether oxygens (including phenoxy) is 1. The Labute approximate surface area is 118 Å². The van der Waals surface area contributed by atoms with E-state index in [1.54, 1.807) is 0 Å². The highest BCUT2D eigenvalue weighted by atomic mass is 19.4. The zero-order valence-electron chi connectivity index (χ0n) is 10.9. The molecule has 0 saturated heterocycles. The van der Waals surface area contributed by atoms with Crippen molar-refractivity contribution in [3.63, 3.8) is 0 Å². The van der Waals surface area contributed by atoms with Gasteiger partial charge < -0.3 is 4.74 Å². The molecule has 0 aromatic heterocycles. The van der Waals surface area contributed by atoms with Crippen LogP contribution in [0.1, 0.15) is 15.9 Å². The van der Waals surface area contributed by atoms with Gasteiger partial charge >= 0.3 is 12.1 Å². The number of benzene rings is 2. The highest BCUT2D eigenvalue weighted by Gasteiger charge is 2.33. The number of hydrogen-bond acceptors (Lipinski definition) is 2. The fourth-order valence-corrected chi connectivity index (χ4v) is 1.94. The van der Waals surface area contributed by atoms with Crippen molar-refractivity contribution in [3.05, 3.63) is 59.4 Å².